The number of hydrogen-bond donors (Lipinski definition) is 0. The summed E-state index contributed by atoms with van der Waals surface area (Å²) in [6.45, 7) is 2.08. The number of halogens is 3. The Hall–Kier alpha value is -2.11. The van der Waals surface area contributed by atoms with E-state index in [0.717, 1.165) is 6.07 Å². The summed E-state index contributed by atoms with van der Waals surface area (Å²) in [4.78, 5) is 14.7. The summed E-state index contributed by atoms with van der Waals surface area (Å²) in [6, 6.07) is 4.95. The third kappa shape index (κ3) is 4.57. The third-order valence-corrected chi connectivity index (χ3v) is 6.62. The van der Waals surface area contributed by atoms with Crippen molar-refractivity contribution in [3.63, 3.8) is 0 Å². The highest BCUT2D eigenvalue weighted by molar-refractivity contribution is 7.86. The van der Waals surface area contributed by atoms with Crippen molar-refractivity contribution >= 4 is 17.1 Å². The van der Waals surface area contributed by atoms with E-state index in [0.29, 0.717) is 18.4 Å². The van der Waals surface area contributed by atoms with E-state index in [1.165, 1.54) is 23.9 Å². The SMILES string of the molecule is COCn1nc(C=O)cc1C1CC(C)(S(=O)c2cccc(C(F)(F)F)n2)CCO1. The van der Waals surface area contributed by atoms with E-state index >= 15 is 0 Å². The molecule has 11 heteroatoms. The molecule has 3 heterocycles. The minimum Gasteiger partial charge on any atom is -0.372 e. The lowest BCUT2D eigenvalue weighted by Gasteiger charge is -2.37. The van der Waals surface area contributed by atoms with Crippen LogP contribution in [0.5, 0.6) is 0 Å². The van der Waals surface area contributed by atoms with E-state index < -0.39 is 33.5 Å². The third-order valence-electron chi connectivity index (χ3n) is 4.75. The van der Waals surface area contributed by atoms with Crippen molar-refractivity contribution in [2.24, 2.45) is 0 Å². The van der Waals surface area contributed by atoms with Crippen molar-refractivity contribution in [1.82, 2.24) is 14.8 Å². The van der Waals surface area contributed by atoms with Crippen molar-refractivity contribution in [1.29, 1.82) is 0 Å². The largest absolute Gasteiger partial charge is 0.433 e. The van der Waals surface area contributed by atoms with E-state index in [1.54, 1.807) is 13.0 Å². The molecule has 0 aliphatic carbocycles. The second-order valence-corrected chi connectivity index (χ2v) is 8.86. The number of pyridine rings is 1. The normalized spacial score (nSPS) is 23.7. The van der Waals surface area contributed by atoms with Gasteiger partial charge in [0.1, 0.15) is 29.2 Å². The molecule has 1 fully saturated rings. The molecule has 3 unspecified atom stereocenters. The number of rotatable bonds is 6. The molecule has 0 saturated carbocycles. The lowest BCUT2D eigenvalue weighted by molar-refractivity contribution is -0.141. The fraction of sp³-hybridized carbons (Fsp3) is 0.500. The first kappa shape index (κ1) is 21.6. The maximum absolute atomic E-state index is 13.2. The molecule has 2 aromatic rings. The van der Waals surface area contributed by atoms with Crippen molar-refractivity contribution in [3.05, 3.63) is 41.3 Å². The quantitative estimate of drug-likeness (QED) is 0.654. The molecule has 7 nitrogen and oxygen atoms in total. The first-order valence-corrected chi connectivity index (χ1v) is 9.92. The molecule has 0 N–H and O–H groups in total. The van der Waals surface area contributed by atoms with Gasteiger partial charge in [0, 0.05) is 13.7 Å². The van der Waals surface area contributed by atoms with Crippen molar-refractivity contribution in [2.75, 3.05) is 13.7 Å². The summed E-state index contributed by atoms with van der Waals surface area (Å²) < 4.78 is 63.6. The van der Waals surface area contributed by atoms with E-state index in [-0.39, 0.29) is 30.5 Å². The highest BCUT2D eigenvalue weighted by Crippen LogP contribution is 2.40. The molecule has 0 bridgehead atoms. The maximum Gasteiger partial charge on any atom is 0.433 e. The van der Waals surface area contributed by atoms with Crippen molar-refractivity contribution in [2.45, 2.75) is 48.5 Å². The smallest absolute Gasteiger partial charge is 0.372 e. The minimum atomic E-state index is -4.61. The Morgan fingerprint density at radius 1 is 1.45 bits per heavy atom. The van der Waals surface area contributed by atoms with Crippen LogP contribution in [-0.4, -0.2) is 43.7 Å². The molecule has 1 aliphatic heterocycles. The number of alkyl halides is 3. The Morgan fingerprint density at radius 2 is 2.21 bits per heavy atom. The van der Waals surface area contributed by atoms with E-state index in [2.05, 4.69) is 10.1 Å². The van der Waals surface area contributed by atoms with E-state index in [9.17, 15) is 22.2 Å². The predicted molar refractivity (Wildman–Crippen MR) is 96.6 cm³/mol. The zero-order valence-corrected chi connectivity index (χ0v) is 16.6. The van der Waals surface area contributed by atoms with Crippen LogP contribution in [0.4, 0.5) is 13.2 Å². The standard InChI is InChI=1S/C18H20F3N3O4S/c1-17(29(26)16-5-3-4-15(22-16)18(19,20)21)6-7-28-14(9-17)13-8-12(10-25)23-24(13)11-27-2/h3-5,8,10,14H,6-7,9,11H2,1-2H3. The second-order valence-electron chi connectivity index (χ2n) is 6.92. The number of carbonyl (C=O) groups excluding carboxylic acids is 1. The van der Waals surface area contributed by atoms with Gasteiger partial charge in [-0.2, -0.15) is 18.3 Å². The second kappa shape index (κ2) is 8.33. The predicted octanol–water partition coefficient (Wildman–Crippen LogP) is 3.13. The molecule has 3 atom stereocenters. The molecule has 0 spiro atoms. The molecular formula is C18H20F3N3O4S. The molecular weight excluding hydrogens is 411 g/mol. The maximum atomic E-state index is 13.2. The van der Waals surface area contributed by atoms with Crippen LogP contribution in [0, 0.1) is 0 Å². The Morgan fingerprint density at radius 3 is 2.86 bits per heavy atom. The average Bonchev–Trinajstić information content (AvgIpc) is 3.10. The van der Waals surface area contributed by atoms with Gasteiger partial charge in [0.05, 0.1) is 21.2 Å². The molecule has 0 aromatic carbocycles. The number of carbonyl (C=O) groups is 1. The molecule has 29 heavy (non-hydrogen) atoms. The molecule has 2 aromatic heterocycles. The zero-order chi connectivity index (χ0) is 21.2. The minimum absolute atomic E-state index is 0.0953. The highest BCUT2D eigenvalue weighted by Gasteiger charge is 2.42. The summed E-state index contributed by atoms with van der Waals surface area (Å²) in [5, 5.41) is 3.99. The molecule has 1 saturated heterocycles. The van der Waals surface area contributed by atoms with Crippen LogP contribution in [0.2, 0.25) is 0 Å². The summed E-state index contributed by atoms with van der Waals surface area (Å²) in [5.41, 5.74) is -0.299. The van der Waals surface area contributed by atoms with Crippen LogP contribution in [0.25, 0.3) is 0 Å². The summed E-state index contributed by atoms with van der Waals surface area (Å²) in [6.07, 6.45) is -3.92. The van der Waals surface area contributed by atoms with Gasteiger partial charge in [0.25, 0.3) is 0 Å². The number of aromatic nitrogens is 3. The lowest BCUT2D eigenvalue weighted by atomic mass is 9.94. The topological polar surface area (TPSA) is 83.3 Å². The molecule has 3 rings (SSSR count). The highest BCUT2D eigenvalue weighted by atomic mass is 32.2. The first-order valence-electron chi connectivity index (χ1n) is 8.77. The van der Waals surface area contributed by atoms with E-state index in [1.807, 2.05) is 0 Å². The van der Waals surface area contributed by atoms with Gasteiger partial charge in [-0.1, -0.05) is 6.07 Å². The zero-order valence-electron chi connectivity index (χ0n) is 15.8. The van der Waals surface area contributed by atoms with Gasteiger partial charge in [-0.25, -0.2) is 9.67 Å². The average molecular weight is 431 g/mol. The Balaban J connectivity index is 1.89. The van der Waals surface area contributed by atoms with Gasteiger partial charge in [-0.05, 0) is 38.0 Å². The number of hydrogen-bond acceptors (Lipinski definition) is 6. The van der Waals surface area contributed by atoms with Gasteiger partial charge in [-0.3, -0.25) is 9.00 Å². The Kier molecular flexibility index (Phi) is 6.20. The number of ether oxygens (including phenoxy) is 2. The van der Waals surface area contributed by atoms with Crippen LogP contribution >= 0.6 is 0 Å². The first-order chi connectivity index (χ1) is 13.7. The molecule has 0 amide bonds. The van der Waals surface area contributed by atoms with E-state index in [4.69, 9.17) is 9.47 Å². The van der Waals surface area contributed by atoms with Crippen LogP contribution in [0.1, 0.15) is 47.7 Å². The van der Waals surface area contributed by atoms with Gasteiger partial charge in [0.2, 0.25) is 0 Å². The fourth-order valence-electron chi connectivity index (χ4n) is 3.25. The van der Waals surface area contributed by atoms with Crippen LogP contribution in [0.3, 0.4) is 0 Å². The van der Waals surface area contributed by atoms with Gasteiger partial charge < -0.3 is 9.47 Å². The molecule has 158 valence electrons. The van der Waals surface area contributed by atoms with Gasteiger partial charge >= 0.3 is 6.18 Å². The summed E-state index contributed by atoms with van der Waals surface area (Å²) in [7, 11) is -0.323. The Labute approximate surface area is 167 Å². The van der Waals surface area contributed by atoms with Crippen LogP contribution in [0.15, 0.2) is 29.3 Å². The molecule has 1 aliphatic rings. The fourth-order valence-corrected chi connectivity index (χ4v) is 4.71. The number of nitrogens with zero attached hydrogens (tertiary/aromatic N) is 3. The van der Waals surface area contributed by atoms with Crippen LogP contribution in [-0.2, 0) is 33.2 Å². The van der Waals surface area contributed by atoms with Crippen molar-refractivity contribution in [3.8, 4) is 0 Å². The lowest BCUT2D eigenvalue weighted by Crippen LogP contribution is -2.39. The summed E-state index contributed by atoms with van der Waals surface area (Å²) >= 11 is 0. The summed E-state index contributed by atoms with van der Waals surface area (Å²) in [5.74, 6) is 0. The van der Waals surface area contributed by atoms with Crippen LogP contribution < -0.4 is 0 Å². The number of aldehydes is 1. The van der Waals surface area contributed by atoms with Crippen molar-refractivity contribution < 1.29 is 31.6 Å². The van der Waals surface area contributed by atoms with Gasteiger partial charge in [-0.15, -0.1) is 0 Å². The Bertz CT molecular complexity index is 918. The number of methoxy groups -OCH3 is 1. The monoisotopic (exact) mass is 431 g/mol. The van der Waals surface area contributed by atoms with Gasteiger partial charge in [0.15, 0.2) is 6.29 Å². The molecule has 0 radical (unpaired) electrons.